The van der Waals surface area contributed by atoms with E-state index >= 15 is 0 Å². The van der Waals surface area contributed by atoms with E-state index in [-0.39, 0.29) is 37.0 Å². The van der Waals surface area contributed by atoms with Gasteiger partial charge in [-0.2, -0.15) is 17.5 Å². The third-order valence-electron chi connectivity index (χ3n) is 7.98. The summed E-state index contributed by atoms with van der Waals surface area (Å²) in [6, 6.07) is 12.8. The van der Waals surface area contributed by atoms with Gasteiger partial charge < -0.3 is 15.5 Å². The van der Waals surface area contributed by atoms with Crippen LogP contribution < -0.4 is 5.32 Å². The molecule has 1 aromatic heterocycles. The smallest absolute Gasteiger partial charge is 0.416 e. The summed E-state index contributed by atoms with van der Waals surface area (Å²) in [6.07, 6.45) is -2.99. The number of carboxylic acids is 1. The average molecular weight is 653 g/mol. The lowest BCUT2D eigenvalue weighted by Gasteiger charge is -2.31. The first-order chi connectivity index (χ1) is 20.4. The fourth-order valence-electron chi connectivity index (χ4n) is 5.85. The van der Waals surface area contributed by atoms with E-state index in [1.165, 1.54) is 24.2 Å². The lowest BCUT2D eigenvalue weighted by atomic mass is 9.88. The molecule has 240 valence electrons. The number of rotatable bonds is 13. The summed E-state index contributed by atoms with van der Waals surface area (Å²) in [6.45, 7) is 5.55. The number of aliphatic carboxylic acids is 1. The van der Waals surface area contributed by atoms with Crippen molar-refractivity contribution in [3.8, 4) is 10.4 Å². The second kappa shape index (κ2) is 13.3. The number of nitrogens with zero attached hydrogens (tertiary/aromatic N) is 1. The topological polar surface area (TPSA) is 107 Å². The number of carbonyl (C=O) groups is 1. The van der Waals surface area contributed by atoms with Crippen LogP contribution >= 0.6 is 11.3 Å². The van der Waals surface area contributed by atoms with Crippen LogP contribution in [-0.4, -0.2) is 60.7 Å². The molecule has 0 spiro atoms. The second-order valence-corrected chi connectivity index (χ2v) is 15.5. The van der Waals surface area contributed by atoms with Gasteiger partial charge in [0.1, 0.15) is 0 Å². The molecule has 0 unspecified atom stereocenters. The number of likely N-dealkylation sites (N-methyl/N-ethyl adjacent to an activating group) is 1. The minimum absolute atomic E-state index is 0.0777. The van der Waals surface area contributed by atoms with E-state index < -0.39 is 38.7 Å². The van der Waals surface area contributed by atoms with E-state index in [9.17, 15) is 31.5 Å². The maximum absolute atomic E-state index is 13.9. The number of hydrogen-bond donors (Lipinski definition) is 3. The molecular formula is C32H39F3N2O5S2. The van der Waals surface area contributed by atoms with E-state index in [2.05, 4.69) is 17.4 Å². The van der Waals surface area contributed by atoms with Gasteiger partial charge in [0.05, 0.1) is 23.0 Å². The Morgan fingerprint density at radius 3 is 2.34 bits per heavy atom. The van der Waals surface area contributed by atoms with Gasteiger partial charge in [0, 0.05) is 35.4 Å². The number of aliphatic hydroxyl groups excluding tert-OH is 1. The van der Waals surface area contributed by atoms with Crippen molar-refractivity contribution in [2.75, 3.05) is 20.1 Å². The fourth-order valence-corrected chi connectivity index (χ4v) is 8.29. The highest BCUT2D eigenvalue weighted by Gasteiger charge is 2.35. The molecule has 3 aromatic rings. The Labute approximate surface area is 260 Å². The minimum atomic E-state index is -4.80. The number of fused-ring (bicyclic) bond motifs is 1. The van der Waals surface area contributed by atoms with E-state index in [4.69, 9.17) is 5.11 Å². The van der Waals surface area contributed by atoms with Crippen LogP contribution in [0.25, 0.3) is 10.4 Å². The number of hydrogen-bond acceptors (Lipinski definition) is 6. The number of sulfonamides is 1. The van der Waals surface area contributed by atoms with Crippen LogP contribution in [0.15, 0.2) is 53.4 Å². The molecular weight excluding hydrogens is 613 g/mol. The van der Waals surface area contributed by atoms with Gasteiger partial charge in [-0.3, -0.25) is 4.79 Å². The highest BCUT2D eigenvalue weighted by atomic mass is 32.2. The molecule has 0 amide bonds. The number of halogens is 3. The highest BCUT2D eigenvalue weighted by molar-refractivity contribution is 7.89. The molecule has 1 heterocycles. The SMILES string of the molecule is Cc1cc(CCC(=O)O)sc1-c1cc(C(F)(F)F)cc(S(=O)(=O)N(C)C[C@H](O)CNC(C)(C)CC2Cc3ccccc3C2)c1. The van der Waals surface area contributed by atoms with Crippen LogP contribution in [0.4, 0.5) is 13.2 Å². The molecule has 7 nitrogen and oxygen atoms in total. The summed E-state index contributed by atoms with van der Waals surface area (Å²) >= 11 is 1.14. The number of carboxylic acid groups (broad SMARTS) is 1. The monoisotopic (exact) mass is 652 g/mol. The molecule has 2 aromatic carbocycles. The largest absolute Gasteiger partial charge is 0.481 e. The van der Waals surface area contributed by atoms with E-state index in [1.807, 2.05) is 26.0 Å². The Hall–Kier alpha value is -2.77. The summed E-state index contributed by atoms with van der Waals surface area (Å²) in [7, 11) is -3.17. The summed E-state index contributed by atoms with van der Waals surface area (Å²) in [5.74, 6) is -0.542. The number of thiophene rings is 1. The molecule has 0 saturated heterocycles. The van der Waals surface area contributed by atoms with Crippen LogP contribution in [0.3, 0.4) is 0 Å². The van der Waals surface area contributed by atoms with Gasteiger partial charge in [-0.05, 0) is 98.9 Å². The van der Waals surface area contributed by atoms with Crippen molar-refractivity contribution in [1.29, 1.82) is 0 Å². The number of nitrogens with one attached hydrogen (secondary N) is 1. The number of benzene rings is 2. The van der Waals surface area contributed by atoms with Crippen LogP contribution in [-0.2, 0) is 40.3 Å². The molecule has 0 radical (unpaired) electrons. The Kier molecular flexibility index (Phi) is 10.3. The van der Waals surface area contributed by atoms with Crippen LogP contribution in [0.2, 0.25) is 0 Å². The average Bonchev–Trinajstić information content (AvgIpc) is 3.51. The summed E-state index contributed by atoms with van der Waals surface area (Å²) in [5.41, 5.74) is 1.96. The number of β-amino-alcohol motifs (C(OH)–C–C–N with tert-alkyl or cyclic N) is 1. The first kappa shape index (κ1) is 34.1. The molecule has 12 heteroatoms. The first-order valence-corrected chi connectivity index (χ1v) is 16.7. The normalized spacial score (nSPS) is 15.1. The van der Waals surface area contributed by atoms with Crippen molar-refractivity contribution in [2.24, 2.45) is 5.92 Å². The van der Waals surface area contributed by atoms with Crippen LogP contribution in [0.1, 0.15) is 53.8 Å². The Morgan fingerprint density at radius 1 is 1.11 bits per heavy atom. The molecule has 0 fully saturated rings. The Bertz CT molecular complexity index is 1580. The number of aryl methyl sites for hydroxylation is 2. The predicted octanol–water partition coefficient (Wildman–Crippen LogP) is 5.91. The van der Waals surface area contributed by atoms with Crippen molar-refractivity contribution in [2.45, 2.75) is 75.6 Å². The third-order valence-corrected chi connectivity index (χ3v) is 11.1. The molecule has 4 rings (SSSR count). The fraction of sp³-hybridized carbons (Fsp3) is 0.469. The van der Waals surface area contributed by atoms with Gasteiger partial charge >= 0.3 is 12.1 Å². The third kappa shape index (κ3) is 8.48. The van der Waals surface area contributed by atoms with Crippen molar-refractivity contribution < 1.29 is 36.6 Å². The maximum Gasteiger partial charge on any atom is 0.416 e. The molecule has 0 saturated carbocycles. The summed E-state index contributed by atoms with van der Waals surface area (Å²) < 4.78 is 69.6. The molecule has 44 heavy (non-hydrogen) atoms. The zero-order valence-electron chi connectivity index (χ0n) is 25.2. The molecule has 0 bridgehead atoms. The van der Waals surface area contributed by atoms with Crippen molar-refractivity contribution in [3.63, 3.8) is 0 Å². The van der Waals surface area contributed by atoms with E-state index in [0.717, 1.165) is 41.0 Å². The Morgan fingerprint density at radius 2 is 1.75 bits per heavy atom. The number of aliphatic hydroxyl groups is 1. The Balaban J connectivity index is 1.46. The zero-order chi connectivity index (χ0) is 32.4. The van der Waals surface area contributed by atoms with E-state index in [1.54, 1.807) is 13.0 Å². The predicted molar refractivity (Wildman–Crippen MR) is 165 cm³/mol. The van der Waals surface area contributed by atoms with Gasteiger partial charge in [-0.15, -0.1) is 11.3 Å². The lowest BCUT2D eigenvalue weighted by Crippen LogP contribution is -2.47. The van der Waals surface area contributed by atoms with Gasteiger partial charge in [0.2, 0.25) is 10.0 Å². The molecule has 1 aliphatic rings. The number of alkyl halides is 3. The highest BCUT2D eigenvalue weighted by Crippen LogP contribution is 2.39. The second-order valence-electron chi connectivity index (χ2n) is 12.3. The van der Waals surface area contributed by atoms with Gasteiger partial charge in [0.25, 0.3) is 0 Å². The first-order valence-electron chi connectivity index (χ1n) is 14.4. The molecule has 0 aliphatic heterocycles. The summed E-state index contributed by atoms with van der Waals surface area (Å²) in [5, 5.41) is 23.1. The van der Waals surface area contributed by atoms with Crippen molar-refractivity contribution in [3.05, 3.63) is 75.7 Å². The molecule has 1 atom stereocenters. The van der Waals surface area contributed by atoms with Gasteiger partial charge in [-0.1, -0.05) is 24.3 Å². The lowest BCUT2D eigenvalue weighted by molar-refractivity contribution is -0.138. The van der Waals surface area contributed by atoms with Crippen molar-refractivity contribution >= 4 is 27.3 Å². The van der Waals surface area contributed by atoms with Crippen LogP contribution in [0, 0.1) is 12.8 Å². The van der Waals surface area contributed by atoms with Gasteiger partial charge in [-0.25, -0.2) is 8.42 Å². The molecule has 1 aliphatic carbocycles. The standard InChI is InChI=1S/C32H39F3N2O5S2/c1-20-11-27(9-10-29(39)40)43-30(20)24-14-25(32(33,34)35)16-28(15-24)44(41,42)37(4)19-26(38)18-36-31(2,3)17-21-12-22-7-5-6-8-23(22)13-21/h5-8,11,14-16,21,26,36,38H,9-10,12-13,17-19H2,1-4H3,(H,39,40)/t26-/m1/s1. The maximum atomic E-state index is 13.9. The quantitative estimate of drug-likeness (QED) is 0.212. The van der Waals surface area contributed by atoms with Gasteiger partial charge in [0.15, 0.2) is 0 Å². The zero-order valence-corrected chi connectivity index (χ0v) is 26.9. The summed E-state index contributed by atoms with van der Waals surface area (Å²) in [4.78, 5) is 11.5. The minimum Gasteiger partial charge on any atom is -0.481 e. The van der Waals surface area contributed by atoms with Crippen molar-refractivity contribution in [1.82, 2.24) is 9.62 Å². The molecule has 3 N–H and O–H groups in total. The van der Waals surface area contributed by atoms with Crippen LogP contribution in [0.5, 0.6) is 0 Å². The van der Waals surface area contributed by atoms with E-state index in [0.29, 0.717) is 27.3 Å².